The molecule has 10 aromatic rings. The number of hydrogen-bond donors (Lipinski definition) is 1. The van der Waals surface area contributed by atoms with E-state index in [9.17, 15) is 5.11 Å². The Bertz CT molecular complexity index is 3060. The van der Waals surface area contributed by atoms with Gasteiger partial charge in [-0.05, 0) is 98.2 Å². The number of phenols is 1. The van der Waals surface area contributed by atoms with Crippen LogP contribution in [0.2, 0.25) is 0 Å². The molecule has 0 aliphatic rings. The average Bonchev–Trinajstić information content (AvgIpc) is 3.56. The summed E-state index contributed by atoms with van der Waals surface area (Å²) in [5, 5.41) is 20.8. The molecule has 0 aliphatic carbocycles. The van der Waals surface area contributed by atoms with E-state index >= 15 is 0 Å². The molecule has 1 N–H and O–H groups in total. The highest BCUT2D eigenvalue weighted by Crippen LogP contribution is 2.47. The second kappa shape index (κ2) is 11.2. The van der Waals surface area contributed by atoms with Gasteiger partial charge in [0.05, 0.1) is 22.3 Å². The molecule has 0 saturated heterocycles. The normalized spacial score (nSPS) is 12.2. The van der Waals surface area contributed by atoms with Gasteiger partial charge in [-0.2, -0.15) is 0 Å². The van der Waals surface area contributed by atoms with Crippen molar-refractivity contribution in [1.29, 1.82) is 0 Å². The van der Waals surface area contributed by atoms with Crippen LogP contribution in [0.3, 0.4) is 0 Å². The van der Waals surface area contributed by atoms with Crippen molar-refractivity contribution in [3.05, 3.63) is 151 Å². The van der Waals surface area contributed by atoms with Crippen molar-refractivity contribution in [2.45, 2.75) is 26.2 Å². The predicted octanol–water partition coefficient (Wildman–Crippen LogP) is 13.0. The SMILES string of the molecule is CC(C)(C)c1cc(-c2cc(-c3ccccc3)ccn2)cc(-c2ccc3c4ccccc4c4c5oc6ccc7ccccc7c6c5cc(O)c4c3n2)c1. The van der Waals surface area contributed by atoms with E-state index in [2.05, 4.69) is 124 Å². The molecule has 3 aromatic heterocycles. The number of pyridine rings is 2. The number of phenolic OH excluding ortho intramolecular Hbond substituents is 1. The van der Waals surface area contributed by atoms with Crippen molar-refractivity contribution in [1.82, 2.24) is 9.97 Å². The zero-order chi connectivity index (χ0) is 35.1. The van der Waals surface area contributed by atoms with Gasteiger partial charge < -0.3 is 9.52 Å². The van der Waals surface area contributed by atoms with Crippen LogP contribution in [0.1, 0.15) is 26.3 Å². The van der Waals surface area contributed by atoms with Crippen molar-refractivity contribution in [2.75, 3.05) is 0 Å². The number of aromatic hydroxyl groups is 1. The van der Waals surface area contributed by atoms with E-state index in [0.29, 0.717) is 5.39 Å². The van der Waals surface area contributed by atoms with Crippen LogP contribution >= 0.6 is 0 Å². The summed E-state index contributed by atoms with van der Waals surface area (Å²) >= 11 is 0. The van der Waals surface area contributed by atoms with Crippen LogP contribution in [0.15, 0.2) is 150 Å². The van der Waals surface area contributed by atoms with Gasteiger partial charge in [0.1, 0.15) is 16.9 Å². The molecule has 0 aliphatic heterocycles. The molecule has 0 saturated carbocycles. The zero-order valence-electron chi connectivity index (χ0n) is 29.1. The number of nitrogens with zero attached hydrogens (tertiary/aromatic N) is 2. The molecule has 0 atom stereocenters. The van der Waals surface area contributed by atoms with E-state index in [0.717, 1.165) is 93.4 Å². The number of hydrogen-bond acceptors (Lipinski definition) is 4. The predicted molar refractivity (Wildman–Crippen MR) is 216 cm³/mol. The largest absolute Gasteiger partial charge is 0.507 e. The molecule has 7 aromatic carbocycles. The van der Waals surface area contributed by atoms with Crippen LogP contribution in [0.4, 0.5) is 0 Å². The molecule has 0 spiro atoms. The number of aromatic nitrogens is 2. The van der Waals surface area contributed by atoms with Crippen LogP contribution < -0.4 is 0 Å². The van der Waals surface area contributed by atoms with E-state index in [-0.39, 0.29) is 11.2 Å². The second-order valence-corrected chi connectivity index (χ2v) is 14.8. The summed E-state index contributed by atoms with van der Waals surface area (Å²) in [6.07, 6.45) is 1.89. The third kappa shape index (κ3) is 4.68. The van der Waals surface area contributed by atoms with Gasteiger partial charge in [-0.15, -0.1) is 0 Å². The Morgan fingerprint density at radius 1 is 0.519 bits per heavy atom. The van der Waals surface area contributed by atoms with Gasteiger partial charge in [0.15, 0.2) is 0 Å². The third-order valence-corrected chi connectivity index (χ3v) is 10.5. The Morgan fingerprint density at radius 2 is 1.25 bits per heavy atom. The van der Waals surface area contributed by atoms with Crippen LogP contribution in [-0.2, 0) is 5.41 Å². The molecular weight excluding hydrogens is 637 g/mol. The Kier molecular flexibility index (Phi) is 6.56. The molecule has 52 heavy (non-hydrogen) atoms. The molecular formula is C48H34N2O2. The van der Waals surface area contributed by atoms with E-state index in [4.69, 9.17) is 14.4 Å². The lowest BCUT2D eigenvalue weighted by Crippen LogP contribution is -2.11. The minimum absolute atomic E-state index is 0.114. The van der Waals surface area contributed by atoms with Crippen LogP contribution in [-0.4, -0.2) is 15.1 Å². The average molecular weight is 671 g/mol. The maximum Gasteiger partial charge on any atom is 0.144 e. The first-order valence-electron chi connectivity index (χ1n) is 17.7. The highest BCUT2D eigenvalue weighted by Gasteiger charge is 2.22. The minimum atomic E-state index is -0.114. The number of fused-ring (bicyclic) bond motifs is 12. The van der Waals surface area contributed by atoms with Gasteiger partial charge >= 0.3 is 0 Å². The third-order valence-electron chi connectivity index (χ3n) is 10.5. The fraction of sp³-hybridized carbons (Fsp3) is 0.0833. The molecule has 0 bridgehead atoms. The van der Waals surface area contributed by atoms with Gasteiger partial charge in [0.2, 0.25) is 0 Å². The summed E-state index contributed by atoms with van der Waals surface area (Å²) in [5.74, 6) is 0.185. The van der Waals surface area contributed by atoms with E-state index in [1.807, 2.05) is 42.6 Å². The van der Waals surface area contributed by atoms with Crippen molar-refractivity contribution >= 4 is 65.2 Å². The maximum atomic E-state index is 12.0. The van der Waals surface area contributed by atoms with Crippen molar-refractivity contribution < 1.29 is 9.52 Å². The zero-order valence-corrected chi connectivity index (χ0v) is 29.1. The van der Waals surface area contributed by atoms with E-state index in [1.54, 1.807) is 0 Å². The monoisotopic (exact) mass is 670 g/mol. The Balaban J connectivity index is 1.25. The Hall–Kier alpha value is -6.52. The Labute approximate surface area is 300 Å². The van der Waals surface area contributed by atoms with Gasteiger partial charge in [-0.3, -0.25) is 4.98 Å². The molecule has 248 valence electrons. The van der Waals surface area contributed by atoms with Gasteiger partial charge in [0.25, 0.3) is 0 Å². The summed E-state index contributed by atoms with van der Waals surface area (Å²) in [6, 6.07) is 48.2. The fourth-order valence-corrected chi connectivity index (χ4v) is 7.88. The van der Waals surface area contributed by atoms with Gasteiger partial charge in [0, 0.05) is 38.9 Å². The van der Waals surface area contributed by atoms with Crippen LogP contribution in [0.5, 0.6) is 5.75 Å². The molecule has 3 heterocycles. The van der Waals surface area contributed by atoms with Crippen LogP contribution in [0.25, 0.3) is 98.8 Å². The summed E-state index contributed by atoms with van der Waals surface area (Å²) in [4.78, 5) is 10.2. The maximum absolute atomic E-state index is 12.0. The van der Waals surface area contributed by atoms with E-state index < -0.39 is 0 Å². The number of benzene rings is 7. The molecule has 0 unspecified atom stereocenters. The quantitative estimate of drug-likeness (QED) is 0.190. The summed E-state index contributed by atoms with van der Waals surface area (Å²) in [5.41, 5.74) is 9.40. The lowest BCUT2D eigenvalue weighted by atomic mass is 9.84. The smallest absolute Gasteiger partial charge is 0.144 e. The fourth-order valence-electron chi connectivity index (χ4n) is 7.88. The second-order valence-electron chi connectivity index (χ2n) is 14.8. The van der Waals surface area contributed by atoms with Crippen LogP contribution in [0, 0.1) is 0 Å². The van der Waals surface area contributed by atoms with Crippen molar-refractivity contribution in [3.63, 3.8) is 0 Å². The highest BCUT2D eigenvalue weighted by molar-refractivity contribution is 6.34. The lowest BCUT2D eigenvalue weighted by Gasteiger charge is -2.21. The van der Waals surface area contributed by atoms with E-state index in [1.165, 1.54) is 5.56 Å². The van der Waals surface area contributed by atoms with Gasteiger partial charge in [-0.1, -0.05) is 106 Å². The molecule has 0 radical (unpaired) electrons. The minimum Gasteiger partial charge on any atom is -0.507 e. The molecule has 4 heteroatoms. The molecule has 0 fully saturated rings. The summed E-state index contributed by atoms with van der Waals surface area (Å²) in [7, 11) is 0. The lowest BCUT2D eigenvalue weighted by molar-refractivity contribution is 0.482. The first kappa shape index (κ1) is 30.3. The standard InChI is InChI=1S/C48H34N2O2/c1-48(2,3)33-24-31(23-32(25-33)40-26-30(21-22-49-40)28-11-5-4-6-12-28)39-19-18-37-35-15-9-10-16-36(35)44-45(46(37)50-39)41(51)27-38-43-34-14-8-7-13-29(34)17-20-42(43)52-47(38)44/h4-27,51H,1-3H3. The van der Waals surface area contributed by atoms with Crippen molar-refractivity contribution in [2.24, 2.45) is 0 Å². The molecule has 4 nitrogen and oxygen atoms in total. The number of furan rings is 1. The van der Waals surface area contributed by atoms with Gasteiger partial charge in [-0.25, -0.2) is 4.98 Å². The first-order valence-corrected chi connectivity index (χ1v) is 17.7. The first-order chi connectivity index (χ1) is 25.3. The summed E-state index contributed by atoms with van der Waals surface area (Å²) < 4.78 is 6.71. The highest BCUT2D eigenvalue weighted by atomic mass is 16.3. The topological polar surface area (TPSA) is 59.2 Å². The number of rotatable bonds is 3. The Morgan fingerprint density at radius 3 is 2.06 bits per heavy atom. The molecule has 10 rings (SSSR count). The molecule has 0 amide bonds. The van der Waals surface area contributed by atoms with Crippen molar-refractivity contribution in [3.8, 4) is 39.4 Å². The summed E-state index contributed by atoms with van der Waals surface area (Å²) in [6.45, 7) is 6.70.